The Kier molecular flexibility index (Phi) is 5.17. The Hall–Kier alpha value is -1.99. The third kappa shape index (κ3) is 3.73. The zero-order valence-electron chi connectivity index (χ0n) is 15.8. The summed E-state index contributed by atoms with van der Waals surface area (Å²) in [5.41, 5.74) is 4.86. The van der Waals surface area contributed by atoms with E-state index in [0.29, 0.717) is 0 Å². The lowest BCUT2D eigenvalue weighted by atomic mass is 10.1. The molecule has 2 aromatic rings. The molecule has 2 aromatic heterocycles. The number of anilines is 1. The van der Waals surface area contributed by atoms with E-state index < -0.39 is 0 Å². The van der Waals surface area contributed by atoms with E-state index in [4.69, 9.17) is 14.7 Å². The smallest absolute Gasteiger partial charge is 0.135 e. The van der Waals surface area contributed by atoms with Gasteiger partial charge in [0.05, 0.1) is 24.3 Å². The monoisotopic (exact) mass is 356 g/mol. The van der Waals surface area contributed by atoms with E-state index in [0.717, 1.165) is 88.2 Å². The maximum absolute atomic E-state index is 5.63. The Morgan fingerprint density at radius 2 is 1.96 bits per heavy atom. The van der Waals surface area contributed by atoms with Crippen LogP contribution in [0.2, 0.25) is 0 Å². The van der Waals surface area contributed by atoms with Crippen molar-refractivity contribution in [3.63, 3.8) is 0 Å². The molecule has 2 aliphatic rings. The molecule has 0 amide bonds. The molecule has 0 aromatic carbocycles. The predicted molar refractivity (Wildman–Crippen MR) is 100 cm³/mol. The van der Waals surface area contributed by atoms with Crippen molar-refractivity contribution in [2.75, 3.05) is 44.3 Å². The lowest BCUT2D eigenvalue weighted by Crippen LogP contribution is -2.29. The third-order valence-electron chi connectivity index (χ3n) is 5.36. The van der Waals surface area contributed by atoms with Crippen molar-refractivity contribution >= 4 is 5.82 Å². The molecule has 140 valence electrons. The van der Waals surface area contributed by atoms with Crippen LogP contribution in [0.15, 0.2) is 6.33 Å². The van der Waals surface area contributed by atoms with Gasteiger partial charge in [0, 0.05) is 57.0 Å². The number of H-pyrrole nitrogens is 1. The fraction of sp³-hybridized carbons (Fsp3) is 0.632. The first-order chi connectivity index (χ1) is 12.7. The second-order valence-electron chi connectivity index (χ2n) is 7.22. The van der Waals surface area contributed by atoms with E-state index in [2.05, 4.69) is 26.7 Å². The molecule has 26 heavy (non-hydrogen) atoms. The van der Waals surface area contributed by atoms with Crippen LogP contribution in [-0.2, 0) is 24.1 Å². The van der Waals surface area contributed by atoms with Gasteiger partial charge in [-0.3, -0.25) is 4.90 Å². The van der Waals surface area contributed by atoms with Crippen molar-refractivity contribution in [3.05, 3.63) is 34.8 Å². The van der Waals surface area contributed by atoms with Crippen LogP contribution in [0.25, 0.3) is 0 Å². The molecule has 4 rings (SSSR count). The van der Waals surface area contributed by atoms with Crippen LogP contribution in [0.5, 0.6) is 0 Å². The van der Waals surface area contributed by atoms with E-state index in [-0.39, 0.29) is 0 Å². The lowest BCUT2D eigenvalue weighted by molar-refractivity contribution is 0.152. The minimum absolute atomic E-state index is 0.780. The fourth-order valence-corrected chi connectivity index (χ4v) is 3.88. The highest BCUT2D eigenvalue weighted by Gasteiger charge is 2.23. The van der Waals surface area contributed by atoms with E-state index in [1.165, 1.54) is 11.3 Å². The van der Waals surface area contributed by atoms with Crippen molar-refractivity contribution in [1.29, 1.82) is 0 Å². The summed E-state index contributed by atoms with van der Waals surface area (Å²) in [5, 5.41) is 0. The average molecular weight is 356 g/mol. The molecule has 1 N–H and O–H groups in total. The van der Waals surface area contributed by atoms with Gasteiger partial charge in [-0.2, -0.15) is 0 Å². The Morgan fingerprint density at radius 1 is 1.08 bits per heavy atom. The van der Waals surface area contributed by atoms with Crippen LogP contribution < -0.4 is 4.90 Å². The molecule has 0 bridgehead atoms. The van der Waals surface area contributed by atoms with Crippen LogP contribution in [0.4, 0.5) is 5.82 Å². The highest BCUT2D eigenvalue weighted by Crippen LogP contribution is 2.26. The molecule has 4 heterocycles. The molecular formula is C19H28N6O. The Morgan fingerprint density at radius 3 is 2.81 bits per heavy atom. The van der Waals surface area contributed by atoms with Crippen molar-refractivity contribution in [2.24, 2.45) is 0 Å². The van der Waals surface area contributed by atoms with Crippen LogP contribution >= 0.6 is 0 Å². The minimum atomic E-state index is 0.780. The molecule has 7 heteroatoms. The van der Waals surface area contributed by atoms with Gasteiger partial charge < -0.3 is 14.6 Å². The number of hydrogen-bond acceptors (Lipinski definition) is 6. The molecule has 0 aliphatic carbocycles. The molecule has 2 aliphatic heterocycles. The number of rotatable bonds is 3. The van der Waals surface area contributed by atoms with Gasteiger partial charge in [0.2, 0.25) is 0 Å². The summed E-state index contributed by atoms with van der Waals surface area (Å²) in [6.07, 6.45) is 4.80. The van der Waals surface area contributed by atoms with Crippen LogP contribution in [-0.4, -0.2) is 64.2 Å². The summed E-state index contributed by atoms with van der Waals surface area (Å²) < 4.78 is 5.63. The molecule has 0 radical (unpaired) electrons. The van der Waals surface area contributed by atoms with Crippen molar-refractivity contribution in [2.45, 2.75) is 39.7 Å². The zero-order valence-corrected chi connectivity index (χ0v) is 15.8. The van der Waals surface area contributed by atoms with Crippen LogP contribution in [0.1, 0.15) is 34.9 Å². The van der Waals surface area contributed by atoms with Gasteiger partial charge in [-0.1, -0.05) is 0 Å². The second-order valence-corrected chi connectivity index (χ2v) is 7.22. The number of aromatic nitrogens is 4. The van der Waals surface area contributed by atoms with Crippen molar-refractivity contribution in [3.8, 4) is 0 Å². The zero-order chi connectivity index (χ0) is 17.9. The first-order valence-corrected chi connectivity index (χ1v) is 9.61. The summed E-state index contributed by atoms with van der Waals surface area (Å²) in [5.74, 6) is 2.01. The number of ether oxygens (including phenoxy) is 1. The van der Waals surface area contributed by atoms with Gasteiger partial charge in [0.1, 0.15) is 11.6 Å². The highest BCUT2D eigenvalue weighted by atomic mass is 16.5. The van der Waals surface area contributed by atoms with Crippen LogP contribution in [0.3, 0.4) is 0 Å². The summed E-state index contributed by atoms with van der Waals surface area (Å²) in [4.78, 5) is 22.1. The number of nitrogens with one attached hydrogen (secondary N) is 1. The molecule has 0 saturated carbocycles. The van der Waals surface area contributed by atoms with E-state index in [1.807, 2.05) is 6.92 Å². The predicted octanol–water partition coefficient (Wildman–Crippen LogP) is 1.64. The number of aromatic amines is 1. The maximum atomic E-state index is 5.63. The van der Waals surface area contributed by atoms with Crippen molar-refractivity contribution < 1.29 is 4.74 Å². The van der Waals surface area contributed by atoms with Gasteiger partial charge in [0.25, 0.3) is 0 Å². The SMILES string of the molecule is Cc1nc2c(c(N3CCCOCC3)n1)CCN(Cc1nc[nH]c1C)CC2. The standard InChI is InChI=1S/C19H28N6O/c1-14-18(21-13-20-14)12-24-7-4-16-17(5-8-24)22-15(2)23-19(16)25-6-3-10-26-11-9-25/h13H,3-12H2,1-2H3,(H,20,21). The first kappa shape index (κ1) is 17.4. The maximum Gasteiger partial charge on any atom is 0.135 e. The summed E-state index contributed by atoms with van der Waals surface area (Å²) >= 11 is 0. The van der Waals surface area contributed by atoms with Crippen molar-refractivity contribution in [1.82, 2.24) is 24.8 Å². The summed E-state index contributed by atoms with van der Waals surface area (Å²) in [7, 11) is 0. The van der Waals surface area contributed by atoms with Gasteiger partial charge >= 0.3 is 0 Å². The van der Waals surface area contributed by atoms with E-state index in [9.17, 15) is 0 Å². The average Bonchev–Trinajstić information content (AvgIpc) is 2.84. The highest BCUT2D eigenvalue weighted by molar-refractivity contribution is 5.50. The van der Waals surface area contributed by atoms with Gasteiger partial charge in [-0.05, 0) is 26.7 Å². The fourth-order valence-electron chi connectivity index (χ4n) is 3.88. The van der Waals surface area contributed by atoms with Gasteiger partial charge in [-0.25, -0.2) is 15.0 Å². The first-order valence-electron chi connectivity index (χ1n) is 9.61. The number of fused-ring (bicyclic) bond motifs is 1. The molecule has 7 nitrogen and oxygen atoms in total. The Balaban J connectivity index is 1.55. The quantitative estimate of drug-likeness (QED) is 0.902. The number of aryl methyl sites for hydroxylation is 2. The van der Waals surface area contributed by atoms with E-state index >= 15 is 0 Å². The molecule has 0 unspecified atom stereocenters. The summed E-state index contributed by atoms with van der Waals surface area (Å²) in [6, 6.07) is 0. The summed E-state index contributed by atoms with van der Waals surface area (Å²) in [6.45, 7) is 10.6. The van der Waals surface area contributed by atoms with Gasteiger partial charge in [-0.15, -0.1) is 0 Å². The normalized spacial score (nSPS) is 19.1. The van der Waals surface area contributed by atoms with Gasteiger partial charge in [0.15, 0.2) is 0 Å². The Labute approximate surface area is 154 Å². The van der Waals surface area contributed by atoms with Crippen LogP contribution in [0, 0.1) is 13.8 Å². The number of imidazole rings is 1. The van der Waals surface area contributed by atoms with E-state index in [1.54, 1.807) is 6.33 Å². The second kappa shape index (κ2) is 7.72. The lowest BCUT2D eigenvalue weighted by Gasteiger charge is -2.25. The minimum Gasteiger partial charge on any atom is -0.380 e. The number of hydrogen-bond donors (Lipinski definition) is 1. The topological polar surface area (TPSA) is 70.2 Å². The molecule has 1 saturated heterocycles. The molecular weight excluding hydrogens is 328 g/mol. The largest absolute Gasteiger partial charge is 0.380 e. The third-order valence-corrected chi connectivity index (χ3v) is 5.36. The molecule has 0 spiro atoms. The Bertz CT molecular complexity index is 750. The molecule has 0 atom stereocenters. The molecule has 1 fully saturated rings. The number of nitrogens with zero attached hydrogens (tertiary/aromatic N) is 5.